The van der Waals surface area contributed by atoms with Crippen LogP contribution >= 0.6 is 11.6 Å². The van der Waals surface area contributed by atoms with E-state index in [1.54, 1.807) is 7.11 Å². The highest BCUT2D eigenvalue weighted by Gasteiger charge is 2.37. The Bertz CT molecular complexity index is 1570. The summed E-state index contributed by atoms with van der Waals surface area (Å²) in [6.45, 7) is 9.05. The highest BCUT2D eigenvalue weighted by atomic mass is 35.5. The molecule has 3 heterocycles. The third-order valence-electron chi connectivity index (χ3n) is 9.83. The number of pyridine rings is 1. The first-order valence-corrected chi connectivity index (χ1v) is 17.2. The molecule has 0 bridgehead atoms. The van der Waals surface area contributed by atoms with Gasteiger partial charge in [-0.2, -0.15) is 0 Å². The van der Waals surface area contributed by atoms with E-state index in [0.29, 0.717) is 35.0 Å². The lowest BCUT2D eigenvalue weighted by molar-refractivity contribution is -0.126. The van der Waals surface area contributed by atoms with Gasteiger partial charge in [-0.05, 0) is 105 Å². The molecule has 0 spiro atoms. The summed E-state index contributed by atoms with van der Waals surface area (Å²) >= 11 is 6.28. The Morgan fingerprint density at radius 1 is 1.00 bits per heavy atom. The van der Waals surface area contributed by atoms with Gasteiger partial charge in [-0.1, -0.05) is 23.7 Å². The van der Waals surface area contributed by atoms with Crippen molar-refractivity contribution >= 4 is 34.9 Å². The normalized spacial score (nSPS) is 21.7. The van der Waals surface area contributed by atoms with Crippen molar-refractivity contribution in [3.8, 4) is 11.5 Å². The molecule has 1 saturated heterocycles. The van der Waals surface area contributed by atoms with E-state index >= 15 is 0 Å². The monoisotopic (exact) mass is 659 g/mol. The molecular weight excluding hydrogens is 614 g/mol. The molecule has 2 amide bonds. The first-order valence-electron chi connectivity index (χ1n) is 16.8. The van der Waals surface area contributed by atoms with Crippen LogP contribution in [0.3, 0.4) is 0 Å². The Kier molecular flexibility index (Phi) is 9.94. The topological polar surface area (TPSA) is 78.5 Å². The molecule has 3 aliphatic rings. The van der Waals surface area contributed by atoms with Gasteiger partial charge in [-0.15, -0.1) is 0 Å². The average molecular weight is 660 g/mol. The zero-order valence-electron chi connectivity index (χ0n) is 28.1. The summed E-state index contributed by atoms with van der Waals surface area (Å²) in [5.74, 6) is 2.96. The smallest absolute Gasteiger partial charge is 0.237 e. The van der Waals surface area contributed by atoms with Crippen LogP contribution in [0, 0.1) is 5.92 Å². The quantitative estimate of drug-likeness (QED) is 0.252. The fraction of sp³-hybridized carbons (Fsp3) is 0.486. The second kappa shape index (κ2) is 14.1. The Labute approximate surface area is 283 Å². The standard InChI is InChI=1S/C37H46ClN5O4/c1-6-41-23-42(22-36(41)45)29-13-7-25(8-14-29)21-40(4)34-16-15-30(20-39-34)43-35(44)18-27-17-32(46-5)33(47-24(2)3)19-31(27)37(43)26-9-11-28(38)12-10-26/h9-12,15-17,19-20,24-25,29,37H,6-8,13-14,18,21-23H2,1-5H3/t25-,29-,37-/m0/s1. The number of hydrogen-bond donors (Lipinski definition) is 0. The van der Waals surface area contributed by atoms with Gasteiger partial charge in [0, 0.05) is 31.2 Å². The Balaban J connectivity index is 1.19. The van der Waals surface area contributed by atoms with E-state index in [2.05, 4.69) is 16.8 Å². The van der Waals surface area contributed by atoms with Crippen molar-refractivity contribution in [3.63, 3.8) is 0 Å². The van der Waals surface area contributed by atoms with Crippen molar-refractivity contribution in [2.75, 3.05) is 50.3 Å². The molecule has 1 aliphatic carbocycles. The molecule has 1 saturated carbocycles. The molecule has 0 unspecified atom stereocenters. The second-order valence-corrected chi connectivity index (χ2v) is 13.8. The number of carbonyl (C=O) groups excluding carboxylic acids is 2. The number of benzene rings is 2. The minimum absolute atomic E-state index is 0.0153. The molecule has 250 valence electrons. The van der Waals surface area contributed by atoms with Gasteiger partial charge in [0.2, 0.25) is 11.8 Å². The summed E-state index contributed by atoms with van der Waals surface area (Å²) in [7, 11) is 3.71. The number of hydrogen-bond acceptors (Lipinski definition) is 7. The lowest BCUT2D eigenvalue weighted by atomic mass is 9.85. The Hall–Kier alpha value is -3.82. The van der Waals surface area contributed by atoms with Gasteiger partial charge in [0.25, 0.3) is 0 Å². The molecular formula is C37H46ClN5O4. The zero-order chi connectivity index (χ0) is 33.2. The predicted molar refractivity (Wildman–Crippen MR) is 185 cm³/mol. The third kappa shape index (κ3) is 7.06. The summed E-state index contributed by atoms with van der Waals surface area (Å²) in [5.41, 5.74) is 3.58. The minimum atomic E-state index is -0.389. The van der Waals surface area contributed by atoms with E-state index in [-0.39, 0.29) is 30.4 Å². The first-order chi connectivity index (χ1) is 22.6. The predicted octanol–water partition coefficient (Wildman–Crippen LogP) is 6.33. The molecule has 1 aromatic heterocycles. The van der Waals surface area contributed by atoms with Gasteiger partial charge in [-0.3, -0.25) is 19.4 Å². The third-order valence-corrected chi connectivity index (χ3v) is 10.1. The van der Waals surface area contributed by atoms with Crippen LogP contribution in [0.25, 0.3) is 0 Å². The number of nitrogens with zero attached hydrogens (tertiary/aromatic N) is 5. The largest absolute Gasteiger partial charge is 0.493 e. The number of aromatic nitrogens is 1. The molecule has 2 fully saturated rings. The number of methoxy groups -OCH3 is 1. The van der Waals surface area contributed by atoms with Crippen LogP contribution in [0.2, 0.25) is 5.02 Å². The highest BCUT2D eigenvalue weighted by molar-refractivity contribution is 6.30. The maximum absolute atomic E-state index is 13.9. The highest BCUT2D eigenvalue weighted by Crippen LogP contribution is 2.44. The number of ether oxygens (including phenoxy) is 2. The molecule has 10 heteroatoms. The number of fused-ring (bicyclic) bond motifs is 1. The maximum atomic E-state index is 13.9. The van der Waals surface area contributed by atoms with Crippen molar-refractivity contribution in [1.29, 1.82) is 0 Å². The van der Waals surface area contributed by atoms with Crippen molar-refractivity contribution in [2.45, 2.75) is 71.1 Å². The Morgan fingerprint density at radius 2 is 1.74 bits per heavy atom. The molecule has 3 aromatic rings. The number of rotatable bonds is 10. The number of halogens is 1. The van der Waals surface area contributed by atoms with Crippen molar-refractivity contribution in [2.24, 2.45) is 5.92 Å². The lowest BCUT2D eigenvalue weighted by Crippen LogP contribution is -2.41. The van der Waals surface area contributed by atoms with Gasteiger partial charge < -0.3 is 19.3 Å². The summed E-state index contributed by atoms with van der Waals surface area (Å²) in [5, 5.41) is 0.637. The Morgan fingerprint density at radius 3 is 2.36 bits per heavy atom. The van der Waals surface area contributed by atoms with E-state index in [9.17, 15) is 9.59 Å². The summed E-state index contributed by atoms with van der Waals surface area (Å²) in [6.07, 6.45) is 6.54. The number of amides is 2. The molecule has 47 heavy (non-hydrogen) atoms. The van der Waals surface area contributed by atoms with Crippen LogP contribution in [-0.2, 0) is 16.0 Å². The number of anilines is 2. The SMILES string of the molecule is CCN1CN([C@H]2CC[C@H](CN(C)c3ccc(N4C(=O)Cc5cc(OC)c(OC(C)C)cc5[C@@H]4c4ccc(Cl)cc4)cn3)CC2)CC1=O. The molecule has 1 atom stereocenters. The molecule has 2 aliphatic heterocycles. The van der Waals surface area contributed by atoms with E-state index in [1.165, 1.54) is 0 Å². The first kappa shape index (κ1) is 33.1. The van der Waals surface area contributed by atoms with Crippen LogP contribution in [0.5, 0.6) is 11.5 Å². The van der Waals surface area contributed by atoms with E-state index in [1.807, 2.05) is 85.3 Å². The zero-order valence-corrected chi connectivity index (χ0v) is 28.9. The second-order valence-electron chi connectivity index (χ2n) is 13.3. The van der Waals surface area contributed by atoms with Crippen LogP contribution in [0.1, 0.15) is 69.2 Å². The van der Waals surface area contributed by atoms with Crippen LogP contribution in [0.15, 0.2) is 54.7 Å². The van der Waals surface area contributed by atoms with Gasteiger partial charge in [0.1, 0.15) is 5.82 Å². The summed E-state index contributed by atoms with van der Waals surface area (Å²) in [6, 6.07) is 15.7. The molecule has 2 aromatic carbocycles. The molecule has 9 nitrogen and oxygen atoms in total. The van der Waals surface area contributed by atoms with Crippen molar-refractivity contribution < 1.29 is 19.1 Å². The van der Waals surface area contributed by atoms with E-state index in [4.69, 9.17) is 26.1 Å². The number of likely N-dealkylation sites (N-methyl/N-ethyl adjacent to an activating group) is 1. The summed E-state index contributed by atoms with van der Waals surface area (Å²) < 4.78 is 11.8. The van der Waals surface area contributed by atoms with Crippen molar-refractivity contribution in [1.82, 2.24) is 14.8 Å². The van der Waals surface area contributed by atoms with Gasteiger partial charge >= 0.3 is 0 Å². The molecule has 6 rings (SSSR count). The number of carbonyl (C=O) groups is 2. The molecule has 0 N–H and O–H groups in total. The maximum Gasteiger partial charge on any atom is 0.237 e. The van der Waals surface area contributed by atoms with Crippen LogP contribution in [-0.4, -0.2) is 79.2 Å². The van der Waals surface area contributed by atoms with Crippen LogP contribution < -0.4 is 19.3 Å². The van der Waals surface area contributed by atoms with Crippen LogP contribution in [0.4, 0.5) is 11.5 Å². The lowest BCUT2D eigenvalue weighted by Gasteiger charge is -2.38. The fourth-order valence-electron chi connectivity index (χ4n) is 7.39. The minimum Gasteiger partial charge on any atom is -0.493 e. The fourth-order valence-corrected chi connectivity index (χ4v) is 7.52. The van der Waals surface area contributed by atoms with E-state index < -0.39 is 0 Å². The van der Waals surface area contributed by atoms with E-state index in [0.717, 1.165) is 73.6 Å². The summed E-state index contributed by atoms with van der Waals surface area (Å²) in [4.78, 5) is 39.3. The molecule has 0 radical (unpaired) electrons. The van der Waals surface area contributed by atoms with Gasteiger partial charge in [0.15, 0.2) is 11.5 Å². The van der Waals surface area contributed by atoms with Gasteiger partial charge in [-0.25, -0.2) is 4.98 Å². The van der Waals surface area contributed by atoms with Crippen molar-refractivity contribution in [3.05, 3.63) is 76.4 Å². The van der Waals surface area contributed by atoms with Gasteiger partial charge in [0.05, 0.1) is 50.8 Å². The average Bonchev–Trinajstić information content (AvgIpc) is 3.45.